The Balaban J connectivity index is 0.000000490. The summed E-state index contributed by atoms with van der Waals surface area (Å²) < 4.78 is 4.92. The second-order valence-corrected chi connectivity index (χ2v) is 1.65. The maximum absolute atomic E-state index is 10.4. The fourth-order valence-electron chi connectivity index (χ4n) is 0.599. The van der Waals surface area contributed by atoms with Crippen molar-refractivity contribution >= 4 is 12.4 Å². The molecule has 3 nitrogen and oxygen atoms in total. The van der Waals surface area contributed by atoms with Crippen LogP contribution in [-0.2, 0) is 4.74 Å². The summed E-state index contributed by atoms with van der Waals surface area (Å²) in [5.74, 6) is 0. The SMILES string of the molecule is Cl.[O-][NH+]1CCOCC1. The summed E-state index contributed by atoms with van der Waals surface area (Å²) in [4.78, 5) is 0. The lowest BCUT2D eigenvalue weighted by Crippen LogP contribution is -3.09. The molecule has 0 amide bonds. The molecule has 1 rings (SSSR count). The molecular formula is C4H10ClNO2. The van der Waals surface area contributed by atoms with E-state index in [2.05, 4.69) is 0 Å². The smallest absolute Gasteiger partial charge is 0.101 e. The zero-order valence-electron chi connectivity index (χ0n) is 4.55. The lowest BCUT2D eigenvalue weighted by molar-refractivity contribution is -0.857. The van der Waals surface area contributed by atoms with Crippen LogP contribution in [0.5, 0.6) is 0 Å². The number of hydrogen-bond donors (Lipinski definition) is 1. The highest BCUT2D eigenvalue weighted by molar-refractivity contribution is 5.85. The minimum atomic E-state index is 0. The molecule has 0 bridgehead atoms. The lowest BCUT2D eigenvalue weighted by Gasteiger charge is -2.25. The highest BCUT2D eigenvalue weighted by atomic mass is 35.5. The van der Waals surface area contributed by atoms with Crippen LogP contribution in [0.3, 0.4) is 0 Å². The molecule has 0 saturated carbocycles. The Bertz CT molecular complexity index is 56.0. The van der Waals surface area contributed by atoms with Crippen molar-refractivity contribution in [2.24, 2.45) is 0 Å². The Hall–Kier alpha value is 0.170. The monoisotopic (exact) mass is 139 g/mol. The molecule has 0 aromatic rings. The van der Waals surface area contributed by atoms with Crippen molar-refractivity contribution < 1.29 is 9.80 Å². The second-order valence-electron chi connectivity index (χ2n) is 1.65. The average Bonchev–Trinajstić information content (AvgIpc) is 1.69. The van der Waals surface area contributed by atoms with Gasteiger partial charge in [-0.1, -0.05) is 0 Å². The molecule has 1 aliphatic rings. The number of hydrogen-bond acceptors (Lipinski definition) is 2. The molecule has 8 heavy (non-hydrogen) atoms. The minimum Gasteiger partial charge on any atom is -0.634 e. The standard InChI is InChI=1S/C4H9NO2.ClH/c6-5-1-3-7-4-2-5;/h5H,1-4H2;1H. The average molecular weight is 140 g/mol. The van der Waals surface area contributed by atoms with Crippen molar-refractivity contribution in [2.75, 3.05) is 26.3 Å². The zero-order chi connectivity index (χ0) is 5.11. The molecule has 4 heteroatoms. The third-order valence-electron chi connectivity index (χ3n) is 1.05. The summed E-state index contributed by atoms with van der Waals surface area (Å²) >= 11 is 0. The predicted molar refractivity (Wildman–Crippen MR) is 32.1 cm³/mol. The van der Waals surface area contributed by atoms with Gasteiger partial charge in [0, 0.05) is 0 Å². The van der Waals surface area contributed by atoms with Gasteiger partial charge in [-0.15, -0.1) is 12.4 Å². The zero-order valence-corrected chi connectivity index (χ0v) is 5.37. The third-order valence-corrected chi connectivity index (χ3v) is 1.05. The maximum atomic E-state index is 10.4. The highest BCUT2D eigenvalue weighted by Crippen LogP contribution is 1.72. The van der Waals surface area contributed by atoms with Crippen molar-refractivity contribution in [3.63, 3.8) is 0 Å². The summed E-state index contributed by atoms with van der Waals surface area (Å²) in [5, 5.41) is 10.7. The van der Waals surface area contributed by atoms with Gasteiger partial charge in [0.25, 0.3) is 0 Å². The Morgan fingerprint density at radius 1 is 1.25 bits per heavy atom. The van der Waals surface area contributed by atoms with Crippen molar-refractivity contribution in [3.8, 4) is 0 Å². The summed E-state index contributed by atoms with van der Waals surface area (Å²) in [5.41, 5.74) is 0. The van der Waals surface area contributed by atoms with E-state index < -0.39 is 0 Å². The van der Waals surface area contributed by atoms with Crippen LogP contribution in [0, 0.1) is 5.21 Å². The number of ether oxygens (including phenoxy) is 1. The van der Waals surface area contributed by atoms with Crippen molar-refractivity contribution in [1.82, 2.24) is 0 Å². The van der Waals surface area contributed by atoms with Crippen LogP contribution in [0.1, 0.15) is 0 Å². The molecule has 0 unspecified atom stereocenters. The largest absolute Gasteiger partial charge is 0.634 e. The number of rotatable bonds is 0. The van der Waals surface area contributed by atoms with E-state index in [1.54, 1.807) is 0 Å². The lowest BCUT2D eigenvalue weighted by atomic mass is 10.5. The topological polar surface area (TPSA) is 36.7 Å². The molecule has 0 radical (unpaired) electrons. The van der Waals surface area contributed by atoms with Crippen LogP contribution in [0.25, 0.3) is 0 Å². The molecule has 1 heterocycles. The van der Waals surface area contributed by atoms with Crippen molar-refractivity contribution in [2.45, 2.75) is 0 Å². The van der Waals surface area contributed by atoms with E-state index in [-0.39, 0.29) is 12.4 Å². The van der Waals surface area contributed by atoms with E-state index in [9.17, 15) is 5.21 Å². The Labute approximate surface area is 54.6 Å². The minimum absolute atomic E-state index is 0. The van der Waals surface area contributed by atoms with E-state index in [1.165, 1.54) is 0 Å². The first-order valence-electron chi connectivity index (χ1n) is 2.49. The van der Waals surface area contributed by atoms with Gasteiger partial charge >= 0.3 is 0 Å². The van der Waals surface area contributed by atoms with Crippen LogP contribution in [0.4, 0.5) is 0 Å². The van der Waals surface area contributed by atoms with Crippen LogP contribution in [0.2, 0.25) is 0 Å². The van der Waals surface area contributed by atoms with Gasteiger partial charge in [-0.05, 0) is 0 Å². The normalized spacial score (nSPS) is 22.1. The molecule has 1 N–H and O–H groups in total. The van der Waals surface area contributed by atoms with Crippen LogP contribution in [0.15, 0.2) is 0 Å². The van der Waals surface area contributed by atoms with Gasteiger partial charge < -0.3 is 15.0 Å². The van der Waals surface area contributed by atoms with Gasteiger partial charge in [0.15, 0.2) is 0 Å². The molecule has 50 valence electrons. The number of quaternary nitrogens is 1. The molecule has 0 aromatic carbocycles. The van der Waals surface area contributed by atoms with E-state index >= 15 is 0 Å². The third kappa shape index (κ3) is 2.47. The van der Waals surface area contributed by atoms with E-state index in [0.717, 1.165) is 0 Å². The Morgan fingerprint density at radius 2 is 1.75 bits per heavy atom. The van der Waals surface area contributed by atoms with Gasteiger partial charge in [0.2, 0.25) is 0 Å². The van der Waals surface area contributed by atoms with Crippen molar-refractivity contribution in [1.29, 1.82) is 0 Å². The number of morpholine rings is 1. The van der Waals surface area contributed by atoms with E-state index in [1.807, 2.05) is 0 Å². The Kier molecular flexibility index (Phi) is 4.18. The second kappa shape index (κ2) is 4.09. The van der Waals surface area contributed by atoms with Crippen molar-refractivity contribution in [3.05, 3.63) is 5.21 Å². The first kappa shape index (κ1) is 8.17. The fourth-order valence-corrected chi connectivity index (χ4v) is 0.599. The summed E-state index contributed by atoms with van der Waals surface area (Å²) in [7, 11) is 0. The van der Waals surface area contributed by atoms with Gasteiger partial charge in [-0.2, -0.15) is 0 Å². The first-order chi connectivity index (χ1) is 3.39. The molecule has 0 atom stereocenters. The molecule has 0 spiro atoms. The fraction of sp³-hybridized carbons (Fsp3) is 1.00. The predicted octanol–water partition coefficient (Wildman–Crippen LogP) is -1.18. The van der Waals surface area contributed by atoms with Crippen LogP contribution >= 0.6 is 12.4 Å². The molecule has 1 fully saturated rings. The molecule has 1 saturated heterocycles. The molecular weight excluding hydrogens is 130 g/mol. The Morgan fingerprint density at radius 3 is 2.00 bits per heavy atom. The van der Waals surface area contributed by atoms with Crippen LogP contribution < -0.4 is 5.06 Å². The van der Waals surface area contributed by atoms with Crippen LogP contribution in [-0.4, -0.2) is 26.3 Å². The van der Waals surface area contributed by atoms with E-state index in [0.29, 0.717) is 31.4 Å². The summed E-state index contributed by atoms with van der Waals surface area (Å²) in [6.45, 7) is 2.53. The quantitative estimate of drug-likeness (QED) is 0.429. The molecule has 0 aromatic heterocycles. The summed E-state index contributed by atoms with van der Waals surface area (Å²) in [6, 6.07) is 0. The van der Waals surface area contributed by atoms with Gasteiger partial charge in [-0.3, -0.25) is 0 Å². The van der Waals surface area contributed by atoms with E-state index in [4.69, 9.17) is 4.74 Å². The molecule has 1 aliphatic heterocycles. The number of halogens is 1. The van der Waals surface area contributed by atoms with Gasteiger partial charge in [0.05, 0.1) is 13.2 Å². The highest BCUT2D eigenvalue weighted by Gasteiger charge is 2.02. The van der Waals surface area contributed by atoms with Gasteiger partial charge in [0.1, 0.15) is 13.1 Å². The van der Waals surface area contributed by atoms with Gasteiger partial charge in [-0.25, -0.2) is 0 Å². The maximum Gasteiger partial charge on any atom is 0.101 e. The first-order valence-corrected chi connectivity index (χ1v) is 2.49. The number of nitrogens with one attached hydrogen (secondary N) is 1. The summed E-state index contributed by atoms with van der Waals surface area (Å²) in [6.07, 6.45) is 0. The number of hydroxylamine groups is 2. The molecule has 0 aliphatic carbocycles.